The van der Waals surface area contributed by atoms with Gasteiger partial charge in [0, 0.05) is 18.0 Å². The SMILES string of the molecule is CC(C)Oc1ccc(C([O-])=C2C(=O)C(=O)N(CC[NH+]3CCOCC3)C2c2cccnc2)cc1F. The van der Waals surface area contributed by atoms with Gasteiger partial charge in [0.1, 0.15) is 13.1 Å². The van der Waals surface area contributed by atoms with Crippen LogP contribution in [-0.2, 0) is 14.3 Å². The summed E-state index contributed by atoms with van der Waals surface area (Å²) in [4.78, 5) is 32.9. The van der Waals surface area contributed by atoms with Crippen LogP contribution in [0.15, 0.2) is 48.3 Å². The molecule has 1 atom stereocenters. The number of rotatable bonds is 7. The van der Waals surface area contributed by atoms with E-state index < -0.39 is 29.3 Å². The van der Waals surface area contributed by atoms with Gasteiger partial charge in [-0.25, -0.2) is 4.39 Å². The minimum atomic E-state index is -0.878. The first kappa shape index (κ1) is 23.8. The summed E-state index contributed by atoms with van der Waals surface area (Å²) in [7, 11) is 0. The molecular weight excluding hydrogens is 441 g/mol. The Kier molecular flexibility index (Phi) is 7.23. The third-order valence-electron chi connectivity index (χ3n) is 5.99. The van der Waals surface area contributed by atoms with Crippen LogP contribution < -0.4 is 14.7 Å². The Morgan fingerprint density at radius 1 is 1.29 bits per heavy atom. The van der Waals surface area contributed by atoms with Gasteiger partial charge in [-0.3, -0.25) is 14.6 Å². The molecule has 0 bridgehead atoms. The van der Waals surface area contributed by atoms with Gasteiger partial charge in [0.05, 0.1) is 38.4 Å². The fourth-order valence-corrected chi connectivity index (χ4v) is 4.32. The van der Waals surface area contributed by atoms with E-state index in [1.807, 2.05) is 0 Å². The number of ketones is 1. The highest BCUT2D eigenvalue weighted by molar-refractivity contribution is 6.46. The maximum Gasteiger partial charge on any atom is 0.295 e. The number of halogens is 1. The Labute approximate surface area is 197 Å². The minimum absolute atomic E-state index is 0.0145. The first-order valence-corrected chi connectivity index (χ1v) is 11.4. The number of likely N-dealkylation sites (tertiary alicyclic amines) is 1. The molecule has 3 heterocycles. The molecule has 2 fully saturated rings. The molecule has 2 aliphatic heterocycles. The molecule has 2 aliphatic rings. The van der Waals surface area contributed by atoms with E-state index in [4.69, 9.17) is 9.47 Å². The number of carbonyl (C=O) groups excluding carboxylic acids is 2. The number of morpholine rings is 1. The molecule has 0 radical (unpaired) electrons. The molecule has 9 heteroatoms. The lowest BCUT2D eigenvalue weighted by atomic mass is 9.96. The van der Waals surface area contributed by atoms with Crippen LogP contribution in [0.4, 0.5) is 4.39 Å². The number of nitrogens with one attached hydrogen (secondary N) is 1. The Bertz CT molecular complexity index is 1080. The topological polar surface area (TPSA) is 96.2 Å². The van der Waals surface area contributed by atoms with Crippen molar-refractivity contribution >= 4 is 17.4 Å². The molecule has 1 unspecified atom stereocenters. The maximum atomic E-state index is 14.6. The first-order valence-electron chi connectivity index (χ1n) is 11.4. The van der Waals surface area contributed by atoms with Gasteiger partial charge in [0.25, 0.3) is 5.91 Å². The van der Waals surface area contributed by atoms with E-state index in [2.05, 4.69) is 4.98 Å². The molecule has 2 aromatic rings. The Hall–Kier alpha value is -3.30. The smallest absolute Gasteiger partial charge is 0.295 e. The van der Waals surface area contributed by atoms with Crippen molar-refractivity contribution in [3.63, 3.8) is 0 Å². The molecular formula is C25H28FN3O5. The number of nitrogens with zero attached hydrogens (tertiary/aromatic N) is 2. The molecule has 0 spiro atoms. The van der Waals surface area contributed by atoms with Crippen LogP contribution in [0.5, 0.6) is 5.75 Å². The summed E-state index contributed by atoms with van der Waals surface area (Å²) < 4.78 is 25.4. The summed E-state index contributed by atoms with van der Waals surface area (Å²) in [5, 5.41) is 13.4. The van der Waals surface area contributed by atoms with Crippen LogP contribution in [0.2, 0.25) is 0 Å². The van der Waals surface area contributed by atoms with E-state index in [-0.39, 0.29) is 23.0 Å². The number of benzene rings is 1. The third kappa shape index (κ3) is 4.95. The van der Waals surface area contributed by atoms with Crippen LogP contribution >= 0.6 is 0 Å². The van der Waals surface area contributed by atoms with Gasteiger partial charge in [0.2, 0.25) is 5.78 Å². The highest BCUT2D eigenvalue weighted by Gasteiger charge is 2.44. The molecule has 1 aromatic heterocycles. The predicted octanol–water partition coefficient (Wildman–Crippen LogP) is 0.147. The Morgan fingerprint density at radius 3 is 2.71 bits per heavy atom. The van der Waals surface area contributed by atoms with Crippen molar-refractivity contribution in [2.24, 2.45) is 0 Å². The van der Waals surface area contributed by atoms with Crippen LogP contribution in [0.25, 0.3) is 5.76 Å². The van der Waals surface area contributed by atoms with E-state index in [1.54, 1.807) is 38.4 Å². The number of pyridine rings is 1. The number of Topliss-reactive ketones (excluding diaryl/α,β-unsaturated/α-hetero) is 1. The predicted molar refractivity (Wildman–Crippen MR) is 119 cm³/mol. The molecule has 0 aliphatic carbocycles. The monoisotopic (exact) mass is 469 g/mol. The average Bonchev–Trinajstić information content (AvgIpc) is 3.09. The Morgan fingerprint density at radius 2 is 2.06 bits per heavy atom. The van der Waals surface area contributed by atoms with Crippen molar-refractivity contribution in [2.75, 3.05) is 39.4 Å². The number of quaternary nitrogens is 1. The fraction of sp³-hybridized carbons (Fsp3) is 0.400. The van der Waals surface area contributed by atoms with Crippen molar-refractivity contribution in [3.05, 3.63) is 65.2 Å². The molecule has 34 heavy (non-hydrogen) atoms. The van der Waals surface area contributed by atoms with Crippen LogP contribution in [0.3, 0.4) is 0 Å². The second-order valence-electron chi connectivity index (χ2n) is 8.68. The lowest BCUT2D eigenvalue weighted by molar-refractivity contribution is -0.907. The van der Waals surface area contributed by atoms with Crippen LogP contribution in [-0.4, -0.2) is 67.1 Å². The Balaban J connectivity index is 1.70. The highest BCUT2D eigenvalue weighted by Crippen LogP contribution is 2.38. The van der Waals surface area contributed by atoms with Crippen LogP contribution in [0.1, 0.15) is 31.0 Å². The van der Waals surface area contributed by atoms with E-state index >= 15 is 0 Å². The molecule has 1 N–H and O–H groups in total. The van der Waals surface area contributed by atoms with Gasteiger partial charge in [-0.2, -0.15) is 0 Å². The van der Waals surface area contributed by atoms with Gasteiger partial charge in [0.15, 0.2) is 11.6 Å². The second-order valence-corrected chi connectivity index (χ2v) is 8.68. The molecule has 0 saturated carbocycles. The number of ether oxygens (including phenoxy) is 2. The van der Waals surface area contributed by atoms with Gasteiger partial charge in [-0.05, 0) is 43.2 Å². The van der Waals surface area contributed by atoms with Crippen molar-refractivity contribution in [1.29, 1.82) is 0 Å². The van der Waals surface area contributed by atoms with Gasteiger partial charge < -0.3 is 24.4 Å². The van der Waals surface area contributed by atoms with Crippen LogP contribution in [0, 0.1) is 5.82 Å². The molecule has 2 saturated heterocycles. The zero-order valence-electron chi connectivity index (χ0n) is 19.3. The largest absolute Gasteiger partial charge is 0.872 e. The highest BCUT2D eigenvalue weighted by atomic mass is 19.1. The van der Waals surface area contributed by atoms with E-state index in [9.17, 15) is 19.1 Å². The number of aromatic nitrogens is 1. The number of amides is 1. The average molecular weight is 470 g/mol. The minimum Gasteiger partial charge on any atom is -0.872 e. The molecule has 4 rings (SSSR count). The van der Waals surface area contributed by atoms with Crippen molar-refractivity contribution in [1.82, 2.24) is 9.88 Å². The summed E-state index contributed by atoms with van der Waals surface area (Å²) in [5.74, 6) is -2.96. The lowest BCUT2D eigenvalue weighted by Gasteiger charge is -2.30. The molecule has 8 nitrogen and oxygen atoms in total. The quantitative estimate of drug-likeness (QED) is 0.352. The summed E-state index contributed by atoms with van der Waals surface area (Å²) in [6.45, 7) is 7.37. The van der Waals surface area contributed by atoms with Crippen molar-refractivity contribution in [3.8, 4) is 5.75 Å². The van der Waals surface area contributed by atoms with Crippen molar-refractivity contribution in [2.45, 2.75) is 26.0 Å². The number of hydrogen-bond acceptors (Lipinski definition) is 6. The summed E-state index contributed by atoms with van der Waals surface area (Å²) in [6, 6.07) is 6.36. The lowest BCUT2D eigenvalue weighted by Crippen LogP contribution is -3.14. The summed E-state index contributed by atoms with van der Waals surface area (Å²) in [6.07, 6.45) is 2.88. The van der Waals surface area contributed by atoms with Gasteiger partial charge >= 0.3 is 0 Å². The van der Waals surface area contributed by atoms with Gasteiger partial charge in [-0.15, -0.1) is 0 Å². The molecule has 1 amide bonds. The zero-order chi connectivity index (χ0) is 24.2. The zero-order valence-corrected chi connectivity index (χ0v) is 19.3. The van der Waals surface area contributed by atoms with Gasteiger partial charge in [-0.1, -0.05) is 17.9 Å². The van der Waals surface area contributed by atoms with E-state index in [1.165, 1.54) is 21.9 Å². The van der Waals surface area contributed by atoms with E-state index in [0.717, 1.165) is 19.2 Å². The normalized spacial score (nSPS) is 20.8. The molecule has 1 aromatic carbocycles. The molecule has 180 valence electrons. The maximum absolute atomic E-state index is 14.6. The third-order valence-corrected chi connectivity index (χ3v) is 5.99. The van der Waals surface area contributed by atoms with E-state index in [0.29, 0.717) is 31.9 Å². The number of carbonyl (C=O) groups is 2. The summed E-state index contributed by atoms with van der Waals surface area (Å²) in [5.41, 5.74) is 0.355. The first-order chi connectivity index (χ1) is 16.4. The number of hydrogen-bond donors (Lipinski definition) is 1. The standard InChI is InChI=1S/C25H28FN3O5/c1-16(2)34-20-6-5-17(14-19(20)26)23(30)21-22(18-4-3-7-27-15-18)29(25(32)24(21)31)9-8-28-10-12-33-13-11-28/h3-7,14-16,22,30H,8-13H2,1-2H3. The van der Waals surface area contributed by atoms with Crippen molar-refractivity contribution < 1.29 is 33.5 Å². The summed E-state index contributed by atoms with van der Waals surface area (Å²) >= 11 is 0. The second kappa shape index (κ2) is 10.3. The fourth-order valence-electron chi connectivity index (χ4n) is 4.32.